The monoisotopic (exact) mass is 238 g/mol. The molecule has 0 aliphatic heterocycles. The average molecular weight is 238 g/mol. The minimum absolute atomic E-state index is 0.112. The first kappa shape index (κ1) is 13.1. The summed E-state index contributed by atoms with van der Waals surface area (Å²) in [7, 11) is 0. The van der Waals surface area contributed by atoms with Crippen molar-refractivity contribution in [3.05, 3.63) is 29.8 Å². The molecule has 0 aliphatic carbocycles. The summed E-state index contributed by atoms with van der Waals surface area (Å²) in [5.41, 5.74) is 0.866. The summed E-state index contributed by atoms with van der Waals surface area (Å²) >= 11 is 1.84. The number of thioether (sulfide) groups is 1. The van der Waals surface area contributed by atoms with E-state index in [1.165, 1.54) is 24.2 Å². The van der Waals surface area contributed by atoms with E-state index < -0.39 is 5.97 Å². The number of carboxylic acids is 1. The maximum atomic E-state index is 10.5. The van der Waals surface area contributed by atoms with E-state index in [2.05, 4.69) is 6.92 Å². The van der Waals surface area contributed by atoms with Crippen molar-refractivity contribution in [2.75, 3.05) is 5.75 Å². The first-order chi connectivity index (χ1) is 7.72. The van der Waals surface area contributed by atoms with Gasteiger partial charge in [0.15, 0.2) is 0 Å². The number of aliphatic carboxylic acids is 1. The highest BCUT2D eigenvalue weighted by atomic mass is 32.2. The van der Waals surface area contributed by atoms with Gasteiger partial charge in [0.2, 0.25) is 0 Å². The molecule has 0 radical (unpaired) electrons. The van der Waals surface area contributed by atoms with Crippen molar-refractivity contribution in [3.8, 4) is 0 Å². The lowest BCUT2D eigenvalue weighted by molar-refractivity contribution is -0.136. The van der Waals surface area contributed by atoms with Gasteiger partial charge in [0, 0.05) is 4.90 Å². The van der Waals surface area contributed by atoms with Crippen molar-refractivity contribution in [1.82, 2.24) is 0 Å². The summed E-state index contributed by atoms with van der Waals surface area (Å²) in [5.74, 6) is 0.370. The Bertz CT molecular complexity index is 319. The number of unbranched alkanes of at least 4 members (excludes halogenated alkanes) is 2. The van der Waals surface area contributed by atoms with Crippen molar-refractivity contribution >= 4 is 17.7 Å². The molecule has 1 aromatic rings. The second-order valence-electron chi connectivity index (χ2n) is 3.77. The molecule has 2 nitrogen and oxygen atoms in total. The fourth-order valence-corrected chi connectivity index (χ4v) is 2.33. The summed E-state index contributed by atoms with van der Waals surface area (Å²) in [6.07, 6.45) is 3.89. The second kappa shape index (κ2) is 7.34. The molecule has 0 spiro atoms. The second-order valence-corrected chi connectivity index (χ2v) is 4.94. The minimum atomic E-state index is -0.775. The summed E-state index contributed by atoms with van der Waals surface area (Å²) < 4.78 is 0. The summed E-state index contributed by atoms with van der Waals surface area (Å²) in [6, 6.07) is 7.82. The zero-order valence-corrected chi connectivity index (χ0v) is 10.4. The highest BCUT2D eigenvalue weighted by Crippen LogP contribution is 2.20. The Balaban J connectivity index is 2.36. The quantitative estimate of drug-likeness (QED) is 0.582. The van der Waals surface area contributed by atoms with E-state index in [-0.39, 0.29) is 6.42 Å². The molecule has 1 N–H and O–H groups in total. The molecule has 1 rings (SSSR count). The van der Waals surface area contributed by atoms with Crippen LogP contribution < -0.4 is 0 Å². The number of benzene rings is 1. The summed E-state index contributed by atoms with van der Waals surface area (Å²) in [4.78, 5) is 11.7. The molecule has 0 amide bonds. The molecule has 0 aromatic heterocycles. The third-order valence-electron chi connectivity index (χ3n) is 2.30. The summed E-state index contributed by atoms with van der Waals surface area (Å²) in [6.45, 7) is 2.20. The van der Waals surface area contributed by atoms with Gasteiger partial charge in [-0.15, -0.1) is 11.8 Å². The fraction of sp³-hybridized carbons (Fsp3) is 0.462. The number of carbonyl (C=O) groups is 1. The molecule has 1 aromatic carbocycles. The molecule has 0 saturated heterocycles. The van der Waals surface area contributed by atoms with Crippen LogP contribution in [0.4, 0.5) is 0 Å². The van der Waals surface area contributed by atoms with E-state index in [1.54, 1.807) is 0 Å². The lowest BCUT2D eigenvalue weighted by Gasteiger charge is -2.02. The largest absolute Gasteiger partial charge is 0.481 e. The Morgan fingerprint density at radius 2 is 1.94 bits per heavy atom. The third-order valence-corrected chi connectivity index (χ3v) is 3.39. The molecule has 16 heavy (non-hydrogen) atoms. The molecule has 0 atom stereocenters. The number of rotatable bonds is 7. The van der Waals surface area contributed by atoms with Gasteiger partial charge in [-0.1, -0.05) is 31.9 Å². The number of hydrogen-bond acceptors (Lipinski definition) is 2. The zero-order chi connectivity index (χ0) is 11.8. The standard InChI is InChI=1S/C13H18O2S/c1-2-3-4-9-16-12-7-5-11(6-8-12)10-13(14)15/h5-8H,2-4,9-10H2,1H3,(H,14,15). The van der Waals surface area contributed by atoms with Gasteiger partial charge in [0.05, 0.1) is 6.42 Å². The van der Waals surface area contributed by atoms with Gasteiger partial charge in [-0.25, -0.2) is 0 Å². The predicted octanol–water partition coefficient (Wildman–Crippen LogP) is 3.60. The van der Waals surface area contributed by atoms with E-state index >= 15 is 0 Å². The van der Waals surface area contributed by atoms with Crippen molar-refractivity contribution in [1.29, 1.82) is 0 Å². The third kappa shape index (κ3) is 5.21. The van der Waals surface area contributed by atoms with Crippen molar-refractivity contribution in [2.45, 2.75) is 37.5 Å². The Morgan fingerprint density at radius 3 is 2.50 bits per heavy atom. The molecule has 0 bridgehead atoms. The van der Waals surface area contributed by atoms with Gasteiger partial charge in [0.25, 0.3) is 0 Å². The molecule has 0 aliphatic rings. The first-order valence-corrected chi connectivity index (χ1v) is 6.64. The van der Waals surface area contributed by atoms with Gasteiger partial charge < -0.3 is 5.11 Å². The van der Waals surface area contributed by atoms with E-state index in [0.717, 1.165) is 11.3 Å². The minimum Gasteiger partial charge on any atom is -0.481 e. The van der Waals surface area contributed by atoms with Crippen molar-refractivity contribution < 1.29 is 9.90 Å². The molecule has 88 valence electrons. The predicted molar refractivity (Wildman–Crippen MR) is 68.0 cm³/mol. The Labute approximate surface area is 101 Å². The van der Waals surface area contributed by atoms with Crippen LogP contribution in [0, 0.1) is 0 Å². The molecule has 0 saturated carbocycles. The van der Waals surface area contributed by atoms with Crippen LogP contribution >= 0.6 is 11.8 Å². The van der Waals surface area contributed by atoms with Crippen LogP contribution in [-0.4, -0.2) is 16.8 Å². The molecule has 0 fully saturated rings. The lowest BCUT2D eigenvalue weighted by atomic mass is 10.2. The Kier molecular flexibility index (Phi) is 6.01. The topological polar surface area (TPSA) is 37.3 Å². The lowest BCUT2D eigenvalue weighted by Crippen LogP contribution is -1.99. The van der Waals surface area contributed by atoms with E-state index in [1.807, 2.05) is 36.0 Å². The fourth-order valence-electron chi connectivity index (χ4n) is 1.42. The van der Waals surface area contributed by atoms with Crippen LogP contribution in [0.25, 0.3) is 0 Å². The van der Waals surface area contributed by atoms with Gasteiger partial charge in [0.1, 0.15) is 0 Å². The normalized spacial score (nSPS) is 10.3. The molecular formula is C13H18O2S. The molecule has 0 heterocycles. The highest BCUT2D eigenvalue weighted by molar-refractivity contribution is 7.99. The zero-order valence-electron chi connectivity index (χ0n) is 9.61. The van der Waals surface area contributed by atoms with Crippen LogP contribution in [0.15, 0.2) is 29.2 Å². The van der Waals surface area contributed by atoms with Crippen molar-refractivity contribution in [3.63, 3.8) is 0 Å². The Hall–Kier alpha value is -0.960. The molecule has 0 unspecified atom stereocenters. The maximum Gasteiger partial charge on any atom is 0.307 e. The van der Waals surface area contributed by atoms with E-state index in [0.29, 0.717) is 0 Å². The van der Waals surface area contributed by atoms with Crippen molar-refractivity contribution in [2.24, 2.45) is 0 Å². The van der Waals surface area contributed by atoms with Crippen LogP contribution in [0.3, 0.4) is 0 Å². The smallest absolute Gasteiger partial charge is 0.307 e. The number of carboxylic acid groups (broad SMARTS) is 1. The van der Waals surface area contributed by atoms with Crippen LogP contribution in [0.1, 0.15) is 31.7 Å². The SMILES string of the molecule is CCCCCSc1ccc(CC(=O)O)cc1. The van der Waals surface area contributed by atoms with Gasteiger partial charge in [-0.2, -0.15) is 0 Å². The maximum absolute atomic E-state index is 10.5. The van der Waals surface area contributed by atoms with Gasteiger partial charge in [-0.3, -0.25) is 4.79 Å². The van der Waals surface area contributed by atoms with Crippen LogP contribution in [0.2, 0.25) is 0 Å². The van der Waals surface area contributed by atoms with E-state index in [9.17, 15) is 4.79 Å². The van der Waals surface area contributed by atoms with Crippen LogP contribution in [0.5, 0.6) is 0 Å². The Morgan fingerprint density at radius 1 is 1.25 bits per heavy atom. The average Bonchev–Trinajstić information content (AvgIpc) is 2.26. The highest BCUT2D eigenvalue weighted by Gasteiger charge is 2.00. The van der Waals surface area contributed by atoms with Gasteiger partial charge in [-0.05, 0) is 29.9 Å². The van der Waals surface area contributed by atoms with E-state index in [4.69, 9.17) is 5.11 Å². The van der Waals surface area contributed by atoms with Gasteiger partial charge >= 0.3 is 5.97 Å². The van der Waals surface area contributed by atoms with Crippen LogP contribution in [-0.2, 0) is 11.2 Å². The number of hydrogen-bond donors (Lipinski definition) is 1. The first-order valence-electron chi connectivity index (χ1n) is 5.66. The molecular weight excluding hydrogens is 220 g/mol. The molecule has 3 heteroatoms. The summed E-state index contributed by atoms with van der Waals surface area (Å²) in [5, 5.41) is 8.63.